The molecule has 2 fully saturated rings. The monoisotopic (exact) mass is 463 g/mol. The number of halogens is 1. The maximum atomic E-state index is 11.8. The highest BCUT2D eigenvalue weighted by Gasteiger charge is 2.24. The van der Waals surface area contributed by atoms with Gasteiger partial charge in [0.05, 0.1) is 5.00 Å². The quantitative estimate of drug-likeness (QED) is 0.397. The number of nitrogens with one attached hydrogen (secondary N) is 2. The van der Waals surface area contributed by atoms with Crippen LogP contribution in [0, 0.1) is 0 Å². The third-order valence-electron chi connectivity index (χ3n) is 4.05. The second kappa shape index (κ2) is 9.45. The molecule has 1 saturated carbocycles. The predicted octanol–water partition coefficient (Wildman–Crippen LogP) is 1.73. The summed E-state index contributed by atoms with van der Waals surface area (Å²) in [5, 5.41) is 9.73. The zero-order chi connectivity index (χ0) is 16.1. The van der Waals surface area contributed by atoms with Crippen LogP contribution in [0.2, 0.25) is 0 Å². The third kappa shape index (κ3) is 5.51. The minimum absolute atomic E-state index is 0. The first kappa shape index (κ1) is 19.3. The van der Waals surface area contributed by atoms with Gasteiger partial charge in [-0.15, -0.1) is 35.3 Å². The van der Waals surface area contributed by atoms with Gasteiger partial charge >= 0.3 is 0 Å². The van der Waals surface area contributed by atoms with Crippen LogP contribution in [0.3, 0.4) is 0 Å². The maximum Gasteiger partial charge on any atom is 0.242 e. The average Bonchev–Trinajstić information content (AvgIpc) is 3.21. The Hall–Kier alpha value is -1.03. The van der Waals surface area contributed by atoms with Gasteiger partial charge in [-0.2, -0.15) is 0 Å². The van der Waals surface area contributed by atoms with E-state index in [-0.39, 0.29) is 36.4 Å². The van der Waals surface area contributed by atoms with Gasteiger partial charge in [-0.3, -0.25) is 4.79 Å². The summed E-state index contributed by atoms with van der Waals surface area (Å²) in [4.78, 5) is 21.0. The van der Waals surface area contributed by atoms with Crippen molar-refractivity contribution in [1.82, 2.24) is 15.5 Å². The van der Waals surface area contributed by atoms with Crippen LogP contribution in [-0.4, -0.2) is 62.1 Å². The van der Waals surface area contributed by atoms with Crippen LogP contribution in [-0.2, 0) is 4.79 Å². The highest BCUT2D eigenvalue weighted by molar-refractivity contribution is 14.0. The fraction of sp³-hybridized carbons (Fsp3) is 0.625. The molecule has 0 aromatic carbocycles. The molecule has 2 N–H and O–H groups in total. The highest BCUT2D eigenvalue weighted by Crippen LogP contribution is 2.22. The molecule has 1 aliphatic heterocycles. The molecule has 0 spiro atoms. The molecule has 8 heteroatoms. The Morgan fingerprint density at radius 3 is 2.67 bits per heavy atom. The van der Waals surface area contributed by atoms with Gasteiger partial charge in [0.2, 0.25) is 5.91 Å². The van der Waals surface area contributed by atoms with Gasteiger partial charge in [-0.1, -0.05) is 0 Å². The minimum Gasteiger partial charge on any atom is -0.360 e. The normalized spacial score (nSPS) is 18.1. The SMILES string of the molecule is CCNC(=NCC(=O)NC1CC1)N1CCN(c2cccs2)CC1.I. The lowest BCUT2D eigenvalue weighted by Gasteiger charge is -2.37. The van der Waals surface area contributed by atoms with E-state index in [0.29, 0.717) is 6.04 Å². The molecule has 1 aromatic rings. The van der Waals surface area contributed by atoms with Crippen molar-refractivity contribution < 1.29 is 4.79 Å². The number of piperazine rings is 1. The van der Waals surface area contributed by atoms with Crippen LogP contribution in [0.4, 0.5) is 5.00 Å². The van der Waals surface area contributed by atoms with Crippen LogP contribution in [0.5, 0.6) is 0 Å². The molecule has 0 atom stereocenters. The van der Waals surface area contributed by atoms with E-state index in [0.717, 1.165) is 51.5 Å². The van der Waals surface area contributed by atoms with Gasteiger partial charge in [-0.05, 0) is 37.3 Å². The zero-order valence-corrected chi connectivity index (χ0v) is 17.2. The van der Waals surface area contributed by atoms with Crippen LogP contribution >= 0.6 is 35.3 Å². The first-order valence-electron chi connectivity index (χ1n) is 8.37. The summed E-state index contributed by atoms with van der Waals surface area (Å²) in [7, 11) is 0. The molecule has 24 heavy (non-hydrogen) atoms. The summed E-state index contributed by atoms with van der Waals surface area (Å²) in [6.07, 6.45) is 2.22. The lowest BCUT2D eigenvalue weighted by atomic mass is 10.3. The lowest BCUT2D eigenvalue weighted by molar-refractivity contribution is -0.119. The fourth-order valence-electron chi connectivity index (χ4n) is 2.66. The number of hydrogen-bond donors (Lipinski definition) is 2. The summed E-state index contributed by atoms with van der Waals surface area (Å²) in [5.74, 6) is 0.879. The van der Waals surface area contributed by atoms with E-state index in [1.165, 1.54) is 5.00 Å². The molecule has 6 nitrogen and oxygen atoms in total. The van der Waals surface area contributed by atoms with E-state index < -0.39 is 0 Å². The van der Waals surface area contributed by atoms with Crippen molar-refractivity contribution in [3.63, 3.8) is 0 Å². The molecule has 0 bridgehead atoms. The topological polar surface area (TPSA) is 60.0 Å². The van der Waals surface area contributed by atoms with Crippen LogP contribution in [0.15, 0.2) is 22.5 Å². The van der Waals surface area contributed by atoms with Crippen molar-refractivity contribution in [1.29, 1.82) is 0 Å². The van der Waals surface area contributed by atoms with Crippen molar-refractivity contribution >= 4 is 52.2 Å². The number of nitrogens with zero attached hydrogens (tertiary/aromatic N) is 3. The smallest absolute Gasteiger partial charge is 0.242 e. The van der Waals surface area contributed by atoms with E-state index in [4.69, 9.17) is 0 Å². The summed E-state index contributed by atoms with van der Waals surface area (Å²) in [6, 6.07) is 4.66. The molecule has 2 aliphatic rings. The van der Waals surface area contributed by atoms with E-state index in [1.807, 2.05) is 0 Å². The van der Waals surface area contributed by atoms with Gasteiger partial charge in [-0.25, -0.2) is 4.99 Å². The minimum atomic E-state index is 0. The largest absolute Gasteiger partial charge is 0.360 e. The molecule has 134 valence electrons. The summed E-state index contributed by atoms with van der Waals surface area (Å²) in [6.45, 7) is 6.90. The van der Waals surface area contributed by atoms with Crippen molar-refractivity contribution in [3.05, 3.63) is 17.5 Å². The van der Waals surface area contributed by atoms with Crippen LogP contribution in [0.25, 0.3) is 0 Å². The maximum absolute atomic E-state index is 11.8. The van der Waals surface area contributed by atoms with Crippen LogP contribution in [0.1, 0.15) is 19.8 Å². The first-order valence-corrected chi connectivity index (χ1v) is 9.25. The number of guanidine groups is 1. The number of hydrogen-bond acceptors (Lipinski definition) is 4. The summed E-state index contributed by atoms with van der Waals surface area (Å²) >= 11 is 1.78. The van der Waals surface area contributed by atoms with Gasteiger partial charge < -0.3 is 20.4 Å². The number of carbonyl (C=O) groups is 1. The van der Waals surface area contributed by atoms with Gasteiger partial charge in [0.1, 0.15) is 6.54 Å². The van der Waals surface area contributed by atoms with Gasteiger partial charge in [0.15, 0.2) is 5.96 Å². The van der Waals surface area contributed by atoms with E-state index >= 15 is 0 Å². The molecular weight excluding hydrogens is 437 g/mol. The Balaban J connectivity index is 0.00000208. The average molecular weight is 463 g/mol. The molecule has 1 amide bonds. The predicted molar refractivity (Wildman–Crippen MR) is 111 cm³/mol. The number of carbonyl (C=O) groups excluding carboxylic acids is 1. The first-order chi connectivity index (χ1) is 11.3. The summed E-state index contributed by atoms with van der Waals surface area (Å²) in [5.41, 5.74) is 0. The molecule has 1 aliphatic carbocycles. The number of aliphatic imine (C=N–C) groups is 1. The molecule has 2 heterocycles. The number of thiophene rings is 1. The zero-order valence-electron chi connectivity index (χ0n) is 14.0. The standard InChI is InChI=1S/C16H25N5OS.HI/c1-2-17-16(18-12-14(22)19-13-5-6-13)21-9-7-20(8-10-21)15-4-3-11-23-15;/h3-4,11,13H,2,5-10,12H2,1H3,(H,17,18)(H,19,22);1H. The van der Waals surface area contributed by atoms with Gasteiger partial charge in [0.25, 0.3) is 0 Å². The van der Waals surface area contributed by atoms with Crippen LogP contribution < -0.4 is 15.5 Å². The Bertz CT molecular complexity index is 539. The Morgan fingerprint density at radius 2 is 2.08 bits per heavy atom. The molecule has 3 rings (SSSR count). The van der Waals surface area contributed by atoms with Crippen molar-refractivity contribution in [3.8, 4) is 0 Å². The van der Waals surface area contributed by atoms with Gasteiger partial charge in [0, 0.05) is 38.8 Å². The number of anilines is 1. The molecule has 1 saturated heterocycles. The second-order valence-electron chi connectivity index (χ2n) is 5.94. The lowest BCUT2D eigenvalue weighted by Crippen LogP contribution is -2.52. The fourth-order valence-corrected chi connectivity index (χ4v) is 3.45. The van der Waals surface area contributed by atoms with E-state index in [2.05, 4.69) is 49.9 Å². The van der Waals surface area contributed by atoms with E-state index in [9.17, 15) is 4.79 Å². The van der Waals surface area contributed by atoms with E-state index in [1.54, 1.807) is 11.3 Å². The highest BCUT2D eigenvalue weighted by atomic mass is 127. The number of amides is 1. The second-order valence-corrected chi connectivity index (χ2v) is 6.86. The Morgan fingerprint density at radius 1 is 1.33 bits per heavy atom. The summed E-state index contributed by atoms with van der Waals surface area (Å²) < 4.78 is 0. The Kier molecular flexibility index (Phi) is 7.60. The Labute approximate surface area is 164 Å². The van der Waals surface area contributed by atoms with Crippen molar-refractivity contribution in [2.75, 3.05) is 44.2 Å². The molecule has 1 aromatic heterocycles. The number of rotatable bonds is 5. The molecule has 0 radical (unpaired) electrons. The molecular formula is C16H26IN5OS. The third-order valence-corrected chi connectivity index (χ3v) is 4.98. The molecule has 0 unspecified atom stereocenters. The van der Waals surface area contributed by atoms with Crippen molar-refractivity contribution in [2.45, 2.75) is 25.8 Å². The van der Waals surface area contributed by atoms with Crippen molar-refractivity contribution in [2.24, 2.45) is 4.99 Å².